The van der Waals surface area contributed by atoms with Crippen LogP contribution in [0.15, 0.2) is 76.7 Å². The highest BCUT2D eigenvalue weighted by Gasteiger charge is 2.23. The van der Waals surface area contributed by atoms with Crippen LogP contribution in [0.1, 0.15) is 115 Å². The van der Waals surface area contributed by atoms with Gasteiger partial charge < -0.3 is 40.2 Å². The first-order valence-electron chi connectivity index (χ1n) is 19.7. The number of aliphatic imine (C=N–C) groups is 2. The molecule has 0 saturated carbocycles. The molecule has 6 amide bonds. The first-order valence-corrected chi connectivity index (χ1v) is 19.7. The predicted molar refractivity (Wildman–Crippen MR) is 235 cm³/mol. The second-order valence-corrected chi connectivity index (χ2v) is 17.8. The highest BCUT2D eigenvalue weighted by atomic mass is 19.1. The van der Waals surface area contributed by atoms with Crippen molar-refractivity contribution in [1.29, 1.82) is 0 Å². The van der Waals surface area contributed by atoms with Gasteiger partial charge in [0.1, 0.15) is 28.2 Å². The summed E-state index contributed by atoms with van der Waals surface area (Å²) in [5.41, 5.74) is -1.54. The number of amides is 6. The zero-order chi connectivity index (χ0) is 47.3. The molecule has 3 aromatic rings. The number of carbonyl (C=O) groups excluding carboxylic acids is 6. The first kappa shape index (κ1) is 50.3. The maximum absolute atomic E-state index is 15.2. The van der Waals surface area contributed by atoms with Gasteiger partial charge in [-0.3, -0.25) is 20.2 Å². The minimum Gasteiger partial charge on any atom is -0.444 e. The monoisotopic (exact) mass is 876 g/mol. The lowest BCUT2D eigenvalue weighted by molar-refractivity contribution is 0.0542. The molecule has 19 heteroatoms. The molecule has 0 fully saturated rings. The molecule has 0 saturated heterocycles. The molecule has 340 valence electrons. The summed E-state index contributed by atoms with van der Waals surface area (Å²) < 4.78 is 36.2. The normalized spacial score (nSPS) is 12.3. The van der Waals surface area contributed by atoms with Crippen molar-refractivity contribution in [3.05, 3.63) is 94.8 Å². The van der Waals surface area contributed by atoms with E-state index in [1.54, 1.807) is 132 Å². The smallest absolute Gasteiger partial charge is 0.437 e. The van der Waals surface area contributed by atoms with E-state index in [1.807, 2.05) is 0 Å². The van der Waals surface area contributed by atoms with Crippen molar-refractivity contribution in [3.63, 3.8) is 0 Å². The van der Waals surface area contributed by atoms with E-state index in [9.17, 15) is 28.8 Å². The fraction of sp³-hybridized carbons (Fsp3) is 0.409. The quantitative estimate of drug-likeness (QED) is 0.0715. The zero-order valence-corrected chi connectivity index (χ0v) is 37.6. The topological polar surface area (TPSA) is 236 Å². The van der Waals surface area contributed by atoms with Crippen LogP contribution in [-0.2, 0) is 32.0 Å². The Morgan fingerprint density at radius 1 is 0.508 bits per heavy atom. The Kier molecular flexibility index (Phi) is 16.9. The van der Waals surface area contributed by atoms with E-state index in [4.69, 9.17) is 18.9 Å². The number of nitrogens with one attached hydrogen (secondary N) is 6. The average molecular weight is 877 g/mol. The number of rotatable bonds is 8. The lowest BCUT2D eigenvalue weighted by atomic mass is 10.1. The van der Waals surface area contributed by atoms with Crippen molar-refractivity contribution in [2.45, 2.75) is 119 Å². The van der Waals surface area contributed by atoms with E-state index in [0.29, 0.717) is 22.5 Å². The van der Waals surface area contributed by atoms with Gasteiger partial charge in [-0.05, 0) is 137 Å². The van der Waals surface area contributed by atoms with Gasteiger partial charge in [-0.1, -0.05) is 24.3 Å². The molecule has 3 aromatic carbocycles. The molecule has 6 N–H and O–H groups in total. The summed E-state index contributed by atoms with van der Waals surface area (Å²) in [7, 11) is 0. The fourth-order valence-electron chi connectivity index (χ4n) is 4.80. The molecule has 0 atom stereocenters. The highest BCUT2D eigenvalue weighted by molar-refractivity contribution is 6.07. The molecule has 0 aliphatic heterocycles. The molecule has 0 radical (unpaired) electrons. The number of alkyl carbamates (subject to hydrolysis) is 2. The molecular formula is C44H57FN8O10. The maximum Gasteiger partial charge on any atom is 0.437 e. The van der Waals surface area contributed by atoms with Crippen LogP contribution >= 0.6 is 0 Å². The Bertz CT molecular complexity index is 2200. The van der Waals surface area contributed by atoms with E-state index < -0.39 is 64.4 Å². The summed E-state index contributed by atoms with van der Waals surface area (Å²) in [6, 6.07) is 16.4. The third-order valence-corrected chi connectivity index (χ3v) is 7.25. The van der Waals surface area contributed by atoms with E-state index in [-0.39, 0.29) is 36.1 Å². The van der Waals surface area contributed by atoms with Crippen LogP contribution in [0.3, 0.4) is 0 Å². The number of guanidine groups is 2. The average Bonchev–Trinajstić information content (AvgIpc) is 3.10. The van der Waals surface area contributed by atoms with Gasteiger partial charge in [0, 0.05) is 30.0 Å². The number of anilines is 2. The van der Waals surface area contributed by atoms with Crippen molar-refractivity contribution in [2.24, 2.45) is 9.98 Å². The third-order valence-electron chi connectivity index (χ3n) is 7.25. The summed E-state index contributed by atoms with van der Waals surface area (Å²) in [4.78, 5) is 83.1. The third kappa shape index (κ3) is 19.9. The molecule has 0 heterocycles. The largest absolute Gasteiger partial charge is 0.444 e. The van der Waals surface area contributed by atoms with E-state index in [1.165, 1.54) is 12.1 Å². The minimum absolute atomic E-state index is 0.0430. The summed E-state index contributed by atoms with van der Waals surface area (Å²) in [5.74, 6) is -2.73. The summed E-state index contributed by atoms with van der Waals surface area (Å²) in [6.07, 6.45) is -3.55. The van der Waals surface area contributed by atoms with Gasteiger partial charge in [-0.2, -0.15) is 0 Å². The number of ether oxygens (including phenoxy) is 4. The minimum atomic E-state index is -0.936. The first-order chi connectivity index (χ1) is 29.0. The molecule has 0 aromatic heterocycles. The van der Waals surface area contributed by atoms with E-state index in [0.717, 1.165) is 6.07 Å². The molecule has 18 nitrogen and oxygen atoms in total. The van der Waals surface area contributed by atoms with Crippen LogP contribution in [0.4, 0.5) is 34.9 Å². The van der Waals surface area contributed by atoms with Crippen LogP contribution in [0.5, 0.6) is 0 Å². The van der Waals surface area contributed by atoms with Crippen LogP contribution in [0.25, 0.3) is 0 Å². The van der Waals surface area contributed by atoms with Gasteiger partial charge in [-0.25, -0.2) is 23.6 Å². The Hall–Kier alpha value is -7.05. The lowest BCUT2D eigenvalue weighted by Gasteiger charge is -2.21. The molecular weight excluding hydrogens is 820 g/mol. The predicted octanol–water partition coefficient (Wildman–Crippen LogP) is 8.14. The second kappa shape index (κ2) is 21.2. The van der Waals surface area contributed by atoms with Crippen LogP contribution in [-0.4, -0.2) is 70.5 Å². The van der Waals surface area contributed by atoms with Gasteiger partial charge in [0.05, 0.1) is 5.56 Å². The maximum atomic E-state index is 15.2. The van der Waals surface area contributed by atoms with Crippen molar-refractivity contribution < 1.29 is 52.1 Å². The summed E-state index contributed by atoms with van der Waals surface area (Å²) >= 11 is 0. The van der Waals surface area contributed by atoms with Gasteiger partial charge >= 0.3 is 24.4 Å². The van der Waals surface area contributed by atoms with Crippen molar-refractivity contribution in [3.8, 4) is 0 Å². The highest BCUT2D eigenvalue weighted by Crippen LogP contribution is 2.18. The molecule has 3 rings (SSSR count). The standard InChI is InChI=1S/C44H57FN8O10/c1-41(2,3)60-37(56)50-35(51-38(57)61-42(4,5)6)46-24-26-13-18-29(19-14-26)48-33(54)28-17-22-31(32(45)23-28)34(55)49-30-20-15-27(16-21-30)25-47-36(52-39(58)62-43(7,8)9)53-40(59)63-44(10,11)12/h13-23H,24-25H2,1-12H3,(H,48,54)(H,49,55)(H2,46,50,51,56,57)(H2,47,52,53,58,59). The number of hydrogen-bond acceptors (Lipinski definition) is 10. The molecule has 0 aliphatic carbocycles. The van der Waals surface area contributed by atoms with Gasteiger partial charge in [0.15, 0.2) is 0 Å². The Balaban J connectivity index is 1.60. The Morgan fingerprint density at radius 3 is 1.22 bits per heavy atom. The van der Waals surface area contributed by atoms with Crippen molar-refractivity contribution in [2.75, 3.05) is 10.6 Å². The van der Waals surface area contributed by atoms with Crippen molar-refractivity contribution >= 4 is 59.5 Å². The number of nitrogens with zero attached hydrogens (tertiary/aromatic N) is 2. The molecule has 0 spiro atoms. The number of hydrogen-bond donors (Lipinski definition) is 6. The number of benzene rings is 3. The SMILES string of the molecule is CC(C)(C)OC(=O)/N=C(\NCc1ccc(NC(=O)c2ccc(C(=O)Nc3ccc(CN/C(=N\C(=O)OC(C)(C)C)NC(=O)OC(C)(C)C)cc3)c(F)c2)cc1)NC(=O)OC(C)(C)C. The summed E-state index contributed by atoms with van der Waals surface area (Å²) in [5, 5.41) is 15.8. The van der Waals surface area contributed by atoms with Gasteiger partial charge in [0.2, 0.25) is 11.9 Å². The molecule has 0 unspecified atom stereocenters. The van der Waals surface area contributed by atoms with Crippen molar-refractivity contribution in [1.82, 2.24) is 21.3 Å². The number of carbonyl (C=O) groups is 6. The van der Waals surface area contributed by atoms with E-state index >= 15 is 4.39 Å². The fourth-order valence-corrected chi connectivity index (χ4v) is 4.80. The van der Waals surface area contributed by atoms with Gasteiger partial charge in [0.25, 0.3) is 11.8 Å². The second-order valence-electron chi connectivity index (χ2n) is 17.8. The van der Waals surface area contributed by atoms with Crippen LogP contribution in [0, 0.1) is 5.82 Å². The van der Waals surface area contributed by atoms with Crippen LogP contribution < -0.4 is 31.9 Å². The molecule has 63 heavy (non-hydrogen) atoms. The Morgan fingerprint density at radius 2 is 0.873 bits per heavy atom. The van der Waals surface area contributed by atoms with Crippen LogP contribution in [0.2, 0.25) is 0 Å². The zero-order valence-electron chi connectivity index (χ0n) is 37.6. The molecule has 0 aliphatic rings. The summed E-state index contributed by atoms with van der Waals surface area (Å²) in [6.45, 7) is 20.3. The number of halogens is 1. The van der Waals surface area contributed by atoms with E-state index in [2.05, 4.69) is 41.9 Å². The lowest BCUT2D eigenvalue weighted by Crippen LogP contribution is -2.44. The Labute approximate surface area is 366 Å². The molecule has 0 bridgehead atoms. The van der Waals surface area contributed by atoms with Gasteiger partial charge in [-0.15, -0.1) is 9.98 Å².